The van der Waals surface area contributed by atoms with Crippen molar-refractivity contribution in [3.05, 3.63) is 0 Å². The lowest BCUT2D eigenvalue weighted by Crippen LogP contribution is -2.60. The van der Waals surface area contributed by atoms with Crippen LogP contribution in [0, 0.1) is 23.7 Å². The number of rotatable bonds is 6. The summed E-state index contributed by atoms with van der Waals surface area (Å²) in [6, 6.07) is 0. The molecule has 1 saturated heterocycles. The van der Waals surface area contributed by atoms with E-state index in [-0.39, 0.29) is 17.2 Å². The van der Waals surface area contributed by atoms with Gasteiger partial charge in [0.15, 0.2) is 0 Å². The van der Waals surface area contributed by atoms with Crippen molar-refractivity contribution in [1.29, 1.82) is 0 Å². The van der Waals surface area contributed by atoms with Crippen LogP contribution in [0.4, 0.5) is 0 Å². The lowest BCUT2D eigenvalue weighted by atomic mass is 9.69. The smallest absolute Gasteiger partial charge is 0.0611 e. The summed E-state index contributed by atoms with van der Waals surface area (Å²) < 4.78 is 6.43. The summed E-state index contributed by atoms with van der Waals surface area (Å²) in [7, 11) is 0. The van der Waals surface area contributed by atoms with Crippen LogP contribution in [-0.4, -0.2) is 34.1 Å². The van der Waals surface area contributed by atoms with Crippen molar-refractivity contribution in [2.24, 2.45) is 23.7 Å². The summed E-state index contributed by atoms with van der Waals surface area (Å²) in [5.41, 5.74) is -0.415. The molecular weight excluding hydrogens is 346 g/mol. The molecule has 2 saturated carbocycles. The summed E-state index contributed by atoms with van der Waals surface area (Å²) in [4.78, 5) is 0. The predicted molar refractivity (Wildman–Crippen MR) is 117 cm³/mol. The van der Waals surface area contributed by atoms with E-state index in [0.717, 1.165) is 43.1 Å². The SMILES string of the molecule is CCCC1CCC(C2CCC(COC3CC(C)(C)N(O)C(C)(C)C3)CC2)CC1. The maximum atomic E-state index is 10.5. The Hall–Kier alpha value is -0.120. The van der Waals surface area contributed by atoms with Gasteiger partial charge in [0.1, 0.15) is 0 Å². The number of piperidine rings is 1. The van der Waals surface area contributed by atoms with Crippen LogP contribution in [0.5, 0.6) is 0 Å². The van der Waals surface area contributed by atoms with Crippen molar-refractivity contribution in [2.75, 3.05) is 6.61 Å². The number of ether oxygens (including phenoxy) is 1. The van der Waals surface area contributed by atoms with Crippen molar-refractivity contribution in [3.63, 3.8) is 0 Å². The van der Waals surface area contributed by atoms with Gasteiger partial charge in [-0.2, -0.15) is 5.06 Å². The van der Waals surface area contributed by atoms with Gasteiger partial charge in [0.05, 0.1) is 6.10 Å². The molecule has 3 fully saturated rings. The van der Waals surface area contributed by atoms with Crippen LogP contribution in [0.3, 0.4) is 0 Å². The minimum absolute atomic E-state index is 0.208. The molecule has 0 spiro atoms. The second-order valence-corrected chi connectivity index (χ2v) is 11.7. The molecule has 0 unspecified atom stereocenters. The molecule has 3 rings (SSSR count). The minimum atomic E-state index is -0.208. The van der Waals surface area contributed by atoms with Gasteiger partial charge in [0.25, 0.3) is 0 Å². The Kier molecular flexibility index (Phi) is 7.53. The second kappa shape index (κ2) is 9.35. The minimum Gasteiger partial charge on any atom is -0.378 e. The van der Waals surface area contributed by atoms with Gasteiger partial charge in [-0.25, -0.2) is 0 Å². The highest BCUT2D eigenvalue weighted by Crippen LogP contribution is 2.43. The molecule has 3 heteroatoms. The first kappa shape index (κ1) is 22.6. The predicted octanol–water partition coefficient (Wildman–Crippen LogP) is 6.83. The summed E-state index contributed by atoms with van der Waals surface area (Å²) >= 11 is 0. The van der Waals surface area contributed by atoms with Crippen molar-refractivity contribution in [1.82, 2.24) is 5.06 Å². The first-order chi connectivity index (χ1) is 13.2. The molecule has 0 radical (unpaired) electrons. The van der Waals surface area contributed by atoms with Gasteiger partial charge in [-0.15, -0.1) is 0 Å². The summed E-state index contributed by atoms with van der Waals surface area (Å²) in [5, 5.41) is 12.0. The highest BCUT2D eigenvalue weighted by atomic mass is 16.5. The van der Waals surface area contributed by atoms with E-state index < -0.39 is 0 Å². The van der Waals surface area contributed by atoms with Crippen molar-refractivity contribution < 1.29 is 9.94 Å². The Balaban J connectivity index is 1.38. The Labute approximate surface area is 174 Å². The first-order valence-corrected chi connectivity index (χ1v) is 12.3. The maximum absolute atomic E-state index is 10.5. The fraction of sp³-hybridized carbons (Fsp3) is 1.00. The van der Waals surface area contributed by atoms with Gasteiger partial charge in [-0.1, -0.05) is 32.6 Å². The molecule has 28 heavy (non-hydrogen) atoms. The average molecular weight is 394 g/mol. The van der Waals surface area contributed by atoms with Crippen LogP contribution in [0.2, 0.25) is 0 Å². The molecule has 0 bridgehead atoms. The van der Waals surface area contributed by atoms with E-state index in [1.807, 2.05) is 0 Å². The molecule has 0 aromatic heterocycles. The van der Waals surface area contributed by atoms with Crippen LogP contribution in [0.25, 0.3) is 0 Å². The van der Waals surface area contributed by atoms with Gasteiger partial charge >= 0.3 is 0 Å². The molecular formula is C25H47NO2. The average Bonchev–Trinajstić information content (AvgIpc) is 2.65. The van der Waals surface area contributed by atoms with Crippen molar-refractivity contribution in [2.45, 2.75) is 129 Å². The first-order valence-electron chi connectivity index (χ1n) is 12.3. The Morgan fingerprint density at radius 2 is 1.25 bits per heavy atom. The van der Waals surface area contributed by atoms with E-state index in [4.69, 9.17) is 4.74 Å². The fourth-order valence-corrected chi connectivity index (χ4v) is 6.75. The summed E-state index contributed by atoms with van der Waals surface area (Å²) in [6.07, 6.45) is 16.5. The number of nitrogens with zero attached hydrogens (tertiary/aromatic N) is 1. The number of hydroxylamine groups is 2. The molecule has 3 nitrogen and oxygen atoms in total. The van der Waals surface area contributed by atoms with Gasteiger partial charge in [-0.05, 0) is 103 Å². The van der Waals surface area contributed by atoms with Crippen molar-refractivity contribution >= 4 is 0 Å². The van der Waals surface area contributed by atoms with Crippen molar-refractivity contribution in [3.8, 4) is 0 Å². The molecule has 0 atom stereocenters. The van der Waals surface area contributed by atoms with Crippen LogP contribution < -0.4 is 0 Å². The monoisotopic (exact) mass is 393 g/mol. The zero-order valence-electron chi connectivity index (χ0n) is 19.4. The van der Waals surface area contributed by atoms with Crippen LogP contribution in [-0.2, 0) is 4.74 Å². The van der Waals surface area contributed by atoms with E-state index in [0.29, 0.717) is 0 Å². The molecule has 3 aliphatic rings. The van der Waals surface area contributed by atoms with E-state index in [1.165, 1.54) is 64.2 Å². The molecule has 1 N–H and O–H groups in total. The molecule has 2 aliphatic carbocycles. The van der Waals surface area contributed by atoms with Gasteiger partial charge < -0.3 is 9.94 Å². The van der Waals surface area contributed by atoms with E-state index in [1.54, 1.807) is 5.06 Å². The topological polar surface area (TPSA) is 32.7 Å². The lowest BCUT2D eigenvalue weighted by Gasteiger charge is -2.51. The molecule has 0 amide bonds. The number of hydrogen-bond acceptors (Lipinski definition) is 3. The lowest BCUT2D eigenvalue weighted by molar-refractivity contribution is -0.262. The highest BCUT2D eigenvalue weighted by Gasteiger charge is 2.45. The second-order valence-electron chi connectivity index (χ2n) is 11.7. The zero-order chi connectivity index (χ0) is 20.4. The summed E-state index contributed by atoms with van der Waals surface area (Å²) in [6.45, 7) is 11.8. The van der Waals surface area contributed by atoms with Crippen LogP contribution in [0.15, 0.2) is 0 Å². The molecule has 0 aromatic carbocycles. The molecule has 164 valence electrons. The Morgan fingerprint density at radius 1 is 0.786 bits per heavy atom. The quantitative estimate of drug-likeness (QED) is 0.537. The normalized spacial score (nSPS) is 37.1. The Bertz CT molecular complexity index is 455. The zero-order valence-corrected chi connectivity index (χ0v) is 19.4. The van der Waals surface area contributed by atoms with Crippen LogP contribution >= 0.6 is 0 Å². The van der Waals surface area contributed by atoms with E-state index in [9.17, 15) is 5.21 Å². The van der Waals surface area contributed by atoms with E-state index >= 15 is 0 Å². The van der Waals surface area contributed by atoms with Gasteiger partial charge in [-0.3, -0.25) is 0 Å². The van der Waals surface area contributed by atoms with Gasteiger partial charge in [0, 0.05) is 17.7 Å². The largest absolute Gasteiger partial charge is 0.378 e. The standard InChI is InChI=1S/C25H47NO2/c1-6-7-19-8-12-21(13-9-19)22-14-10-20(11-15-22)18-28-23-16-24(2,3)26(27)25(4,5)17-23/h19-23,27H,6-18H2,1-5H3. The number of hydrogen-bond donors (Lipinski definition) is 1. The Morgan fingerprint density at radius 3 is 1.71 bits per heavy atom. The maximum Gasteiger partial charge on any atom is 0.0611 e. The molecule has 0 aromatic rings. The van der Waals surface area contributed by atoms with Gasteiger partial charge in [0.2, 0.25) is 0 Å². The third kappa shape index (κ3) is 5.52. The third-order valence-corrected chi connectivity index (χ3v) is 8.32. The third-order valence-electron chi connectivity index (χ3n) is 8.32. The molecule has 1 aliphatic heterocycles. The fourth-order valence-electron chi connectivity index (χ4n) is 6.75. The summed E-state index contributed by atoms with van der Waals surface area (Å²) in [5.74, 6) is 3.80. The van der Waals surface area contributed by atoms with E-state index in [2.05, 4.69) is 34.6 Å². The van der Waals surface area contributed by atoms with Crippen LogP contribution in [0.1, 0.15) is 112 Å². The highest BCUT2D eigenvalue weighted by molar-refractivity contribution is 4.96. The molecule has 1 heterocycles.